The van der Waals surface area contributed by atoms with Gasteiger partial charge in [-0.1, -0.05) is 36.8 Å². The van der Waals surface area contributed by atoms with E-state index in [1.54, 1.807) is 25.4 Å². The smallest absolute Gasteiger partial charge is 0.321 e. The summed E-state index contributed by atoms with van der Waals surface area (Å²) in [5, 5.41) is 5.93. The number of para-hydroxylation sites is 1. The molecule has 0 radical (unpaired) electrons. The molecule has 2 aliphatic heterocycles. The Bertz CT molecular complexity index is 1290. The van der Waals surface area contributed by atoms with E-state index in [0.29, 0.717) is 24.9 Å². The van der Waals surface area contributed by atoms with E-state index in [9.17, 15) is 9.59 Å². The third-order valence-corrected chi connectivity index (χ3v) is 8.10. The second-order valence-corrected chi connectivity index (χ2v) is 11.0. The van der Waals surface area contributed by atoms with Crippen LogP contribution in [0, 0.1) is 5.41 Å². The Kier molecular flexibility index (Phi) is 9.46. The minimum Gasteiger partial charge on any atom is -0.491 e. The van der Waals surface area contributed by atoms with Crippen LogP contribution >= 0.6 is 0 Å². The highest BCUT2D eigenvalue weighted by Gasteiger charge is 2.41. The van der Waals surface area contributed by atoms with Crippen LogP contribution in [-0.2, 0) is 22.6 Å². The van der Waals surface area contributed by atoms with Crippen molar-refractivity contribution in [2.24, 2.45) is 5.41 Å². The van der Waals surface area contributed by atoms with Crippen LogP contribution in [0.1, 0.15) is 50.2 Å². The van der Waals surface area contributed by atoms with Crippen LogP contribution in [-0.4, -0.2) is 59.0 Å². The SMILES string of the molecule is C[C@@H]1NC(=O)C2(CCCCc3ccccc3OCCNC1=O)CCN(Cc1ccc(Oc3ncccn3)cc1)CC2. The maximum Gasteiger partial charge on any atom is 0.321 e. The van der Waals surface area contributed by atoms with E-state index in [1.807, 2.05) is 30.3 Å². The number of benzene rings is 2. The molecule has 5 rings (SSSR count). The van der Waals surface area contributed by atoms with Gasteiger partial charge in [-0.2, -0.15) is 0 Å². The van der Waals surface area contributed by atoms with Gasteiger partial charge in [0.15, 0.2) is 0 Å². The number of aromatic nitrogens is 2. The van der Waals surface area contributed by atoms with Gasteiger partial charge in [0.05, 0.1) is 12.0 Å². The molecule has 0 aliphatic carbocycles. The van der Waals surface area contributed by atoms with Crippen molar-refractivity contribution in [1.82, 2.24) is 25.5 Å². The molecule has 216 valence electrons. The Morgan fingerprint density at radius 1 is 0.976 bits per heavy atom. The maximum absolute atomic E-state index is 13.7. The molecule has 41 heavy (non-hydrogen) atoms. The van der Waals surface area contributed by atoms with Crippen molar-refractivity contribution in [2.75, 3.05) is 26.2 Å². The van der Waals surface area contributed by atoms with Crippen LogP contribution in [0.15, 0.2) is 67.0 Å². The molecule has 3 aromatic rings. The highest BCUT2D eigenvalue weighted by Crippen LogP contribution is 2.38. The molecular formula is C32H39N5O4. The molecule has 3 heterocycles. The predicted molar refractivity (Wildman–Crippen MR) is 156 cm³/mol. The molecule has 1 aromatic heterocycles. The maximum atomic E-state index is 13.7. The number of carbonyl (C=O) groups excluding carboxylic acids is 2. The van der Waals surface area contributed by atoms with E-state index < -0.39 is 11.5 Å². The largest absolute Gasteiger partial charge is 0.491 e. The molecule has 2 aromatic carbocycles. The third-order valence-electron chi connectivity index (χ3n) is 8.10. The van der Waals surface area contributed by atoms with Crippen LogP contribution in [0.25, 0.3) is 0 Å². The van der Waals surface area contributed by atoms with Crippen LogP contribution < -0.4 is 20.1 Å². The minimum atomic E-state index is -0.600. The second-order valence-electron chi connectivity index (χ2n) is 11.0. The van der Waals surface area contributed by atoms with Gasteiger partial charge in [0.2, 0.25) is 11.8 Å². The predicted octanol–water partition coefficient (Wildman–Crippen LogP) is 4.28. The molecule has 1 saturated heterocycles. The number of nitrogens with one attached hydrogen (secondary N) is 2. The van der Waals surface area contributed by atoms with Crippen molar-refractivity contribution < 1.29 is 19.1 Å². The number of carbonyl (C=O) groups is 2. The fourth-order valence-corrected chi connectivity index (χ4v) is 5.63. The normalized spacial score (nSPS) is 20.5. The van der Waals surface area contributed by atoms with E-state index in [0.717, 1.165) is 63.9 Å². The summed E-state index contributed by atoms with van der Waals surface area (Å²) < 4.78 is 11.7. The molecule has 1 atom stereocenters. The van der Waals surface area contributed by atoms with Gasteiger partial charge in [0.25, 0.3) is 0 Å². The first kappa shape index (κ1) is 28.5. The van der Waals surface area contributed by atoms with E-state index in [4.69, 9.17) is 9.47 Å². The van der Waals surface area contributed by atoms with Gasteiger partial charge in [-0.3, -0.25) is 14.5 Å². The molecule has 9 heteroatoms. The molecule has 1 fully saturated rings. The van der Waals surface area contributed by atoms with Crippen molar-refractivity contribution in [3.63, 3.8) is 0 Å². The lowest BCUT2D eigenvalue weighted by Crippen LogP contribution is -2.53. The standard InChI is InChI=1S/C32H39N5O4/c1-24-29(38)33-19-22-40-28-9-3-2-7-26(28)8-4-5-14-32(30(39)36-24)15-20-37(21-16-32)23-25-10-12-27(13-11-25)41-31-34-17-6-18-35-31/h2-3,6-7,9-13,17-18,24H,4-5,8,14-16,19-23H2,1H3,(H,33,38)(H,36,39)/t24-/m0/s1. The number of piperidine rings is 1. The Hall–Kier alpha value is -3.98. The first-order valence-electron chi connectivity index (χ1n) is 14.6. The summed E-state index contributed by atoms with van der Waals surface area (Å²) in [6.07, 6.45) is 8.45. The summed E-state index contributed by atoms with van der Waals surface area (Å²) >= 11 is 0. The highest BCUT2D eigenvalue weighted by molar-refractivity contribution is 5.90. The minimum absolute atomic E-state index is 0.00375. The molecule has 0 bridgehead atoms. The Balaban J connectivity index is 1.21. The number of rotatable bonds is 4. The lowest BCUT2D eigenvalue weighted by molar-refractivity contribution is -0.138. The van der Waals surface area contributed by atoms with Crippen molar-refractivity contribution in [3.8, 4) is 17.5 Å². The molecule has 2 amide bonds. The number of likely N-dealkylation sites (tertiary alicyclic amines) is 1. The summed E-state index contributed by atoms with van der Waals surface area (Å²) in [5.41, 5.74) is 1.87. The van der Waals surface area contributed by atoms with Gasteiger partial charge in [-0.25, -0.2) is 9.97 Å². The Morgan fingerprint density at radius 2 is 1.73 bits per heavy atom. The Morgan fingerprint density at radius 3 is 2.51 bits per heavy atom. The number of hydrogen-bond acceptors (Lipinski definition) is 7. The first-order valence-corrected chi connectivity index (χ1v) is 14.6. The molecule has 9 nitrogen and oxygen atoms in total. The van der Waals surface area contributed by atoms with Crippen molar-refractivity contribution in [1.29, 1.82) is 0 Å². The average Bonchev–Trinajstić information content (AvgIpc) is 3.00. The lowest BCUT2D eigenvalue weighted by Gasteiger charge is -2.41. The first-order chi connectivity index (χ1) is 20.0. The number of aryl methyl sites for hydroxylation is 1. The number of hydrogen-bond donors (Lipinski definition) is 2. The summed E-state index contributed by atoms with van der Waals surface area (Å²) in [4.78, 5) is 37.0. The van der Waals surface area contributed by atoms with Crippen LogP contribution in [0.3, 0.4) is 0 Å². The monoisotopic (exact) mass is 557 g/mol. The summed E-state index contributed by atoms with van der Waals surface area (Å²) in [6, 6.07) is 17.5. The van der Waals surface area contributed by atoms with E-state index in [-0.39, 0.29) is 11.8 Å². The summed E-state index contributed by atoms with van der Waals surface area (Å²) in [7, 11) is 0. The van der Waals surface area contributed by atoms with Gasteiger partial charge in [0.1, 0.15) is 24.1 Å². The van der Waals surface area contributed by atoms with Crippen LogP contribution in [0.4, 0.5) is 0 Å². The third kappa shape index (κ3) is 7.61. The van der Waals surface area contributed by atoms with Gasteiger partial charge in [-0.05, 0) is 87.5 Å². The molecule has 2 aliphatic rings. The topological polar surface area (TPSA) is 106 Å². The zero-order valence-corrected chi connectivity index (χ0v) is 23.7. The van der Waals surface area contributed by atoms with Crippen LogP contribution in [0.2, 0.25) is 0 Å². The van der Waals surface area contributed by atoms with Crippen molar-refractivity contribution in [2.45, 2.75) is 58.0 Å². The van der Waals surface area contributed by atoms with Crippen LogP contribution in [0.5, 0.6) is 17.5 Å². The molecule has 0 unspecified atom stereocenters. The Labute approximate surface area is 241 Å². The van der Waals surface area contributed by atoms with Crippen molar-refractivity contribution in [3.05, 3.63) is 78.1 Å². The second kappa shape index (κ2) is 13.6. The quantitative estimate of drug-likeness (QED) is 0.493. The van der Waals surface area contributed by atoms with E-state index >= 15 is 0 Å². The molecule has 1 spiro atoms. The van der Waals surface area contributed by atoms with Gasteiger partial charge in [0, 0.05) is 18.9 Å². The zero-order valence-electron chi connectivity index (χ0n) is 23.7. The van der Waals surface area contributed by atoms with Gasteiger partial charge in [-0.15, -0.1) is 0 Å². The fourth-order valence-electron chi connectivity index (χ4n) is 5.63. The molecular weight excluding hydrogens is 518 g/mol. The zero-order chi connectivity index (χ0) is 28.5. The summed E-state index contributed by atoms with van der Waals surface area (Å²) in [6.45, 7) is 4.97. The fraction of sp³-hybridized carbons (Fsp3) is 0.438. The number of nitrogens with zero attached hydrogens (tertiary/aromatic N) is 3. The van der Waals surface area contributed by atoms with Crippen molar-refractivity contribution >= 4 is 11.8 Å². The van der Waals surface area contributed by atoms with E-state index in [1.165, 1.54) is 11.1 Å². The van der Waals surface area contributed by atoms with Gasteiger partial charge < -0.3 is 20.1 Å². The summed E-state index contributed by atoms with van der Waals surface area (Å²) in [5.74, 6) is 1.37. The molecule has 2 N–H and O–H groups in total. The van der Waals surface area contributed by atoms with E-state index in [2.05, 4.69) is 43.7 Å². The number of fused-ring (bicyclic) bond motifs is 1. The number of ether oxygens (including phenoxy) is 2. The number of amides is 2. The average molecular weight is 558 g/mol. The lowest BCUT2D eigenvalue weighted by atomic mass is 9.73. The highest BCUT2D eigenvalue weighted by atomic mass is 16.5. The molecule has 0 saturated carbocycles. The van der Waals surface area contributed by atoms with Gasteiger partial charge >= 0.3 is 6.01 Å².